The van der Waals surface area contributed by atoms with Crippen molar-refractivity contribution >= 4 is 29.0 Å². The first-order valence-corrected chi connectivity index (χ1v) is 9.70. The molecule has 0 saturated carbocycles. The van der Waals surface area contributed by atoms with Crippen LogP contribution in [0.2, 0.25) is 0 Å². The monoisotopic (exact) mass is 372 g/mol. The fourth-order valence-electron chi connectivity index (χ4n) is 3.01. The zero-order chi connectivity index (χ0) is 18.5. The highest BCUT2D eigenvalue weighted by atomic mass is 32.1. The molecule has 1 aliphatic heterocycles. The molecule has 7 heteroatoms. The largest absolute Gasteiger partial charge is 0.363 e. The van der Waals surface area contributed by atoms with Crippen molar-refractivity contribution in [3.05, 3.63) is 46.3 Å². The van der Waals surface area contributed by atoms with Gasteiger partial charge in [0.25, 0.3) is 5.91 Å². The molecule has 1 fully saturated rings. The van der Waals surface area contributed by atoms with Crippen LogP contribution in [0.15, 0.2) is 35.2 Å². The second kappa shape index (κ2) is 8.31. The predicted molar refractivity (Wildman–Crippen MR) is 104 cm³/mol. The summed E-state index contributed by atoms with van der Waals surface area (Å²) in [6.07, 6.45) is 2.86. The molecule has 138 valence electrons. The minimum Gasteiger partial charge on any atom is -0.363 e. The molecule has 2 amide bonds. The van der Waals surface area contributed by atoms with Gasteiger partial charge in [0.2, 0.25) is 5.91 Å². The Balaban J connectivity index is 1.59. The molecule has 6 nitrogen and oxygen atoms in total. The van der Waals surface area contributed by atoms with Gasteiger partial charge < -0.3 is 14.7 Å². The lowest BCUT2D eigenvalue weighted by atomic mass is 10.2. The Morgan fingerprint density at radius 1 is 1.12 bits per heavy atom. The van der Waals surface area contributed by atoms with Gasteiger partial charge in [-0.25, -0.2) is 4.98 Å². The van der Waals surface area contributed by atoms with Crippen LogP contribution in [-0.4, -0.2) is 66.9 Å². The van der Waals surface area contributed by atoms with E-state index in [-0.39, 0.29) is 11.8 Å². The molecule has 0 spiro atoms. The summed E-state index contributed by atoms with van der Waals surface area (Å²) in [4.78, 5) is 35.1. The van der Waals surface area contributed by atoms with E-state index < -0.39 is 0 Å². The van der Waals surface area contributed by atoms with E-state index >= 15 is 0 Å². The maximum absolute atomic E-state index is 12.7. The highest BCUT2D eigenvalue weighted by Crippen LogP contribution is 2.14. The molecule has 1 aliphatic rings. The van der Waals surface area contributed by atoms with E-state index in [4.69, 9.17) is 0 Å². The molecule has 2 aromatic heterocycles. The Morgan fingerprint density at radius 2 is 1.88 bits per heavy atom. The van der Waals surface area contributed by atoms with Crippen LogP contribution < -0.4 is 4.90 Å². The highest BCUT2D eigenvalue weighted by Gasteiger charge is 2.23. The van der Waals surface area contributed by atoms with Crippen molar-refractivity contribution in [1.29, 1.82) is 0 Å². The Hall–Kier alpha value is -2.41. The average Bonchev–Trinajstić information content (AvgIpc) is 3.02. The minimum absolute atomic E-state index is 0.0186. The van der Waals surface area contributed by atoms with Gasteiger partial charge in [-0.1, -0.05) is 0 Å². The first-order valence-electron chi connectivity index (χ1n) is 8.76. The molecule has 0 N–H and O–H groups in total. The van der Waals surface area contributed by atoms with Gasteiger partial charge in [0.05, 0.1) is 12.0 Å². The summed E-state index contributed by atoms with van der Waals surface area (Å²) < 4.78 is 0. The number of carbonyl (C=O) groups excluding carboxylic acids is 2. The second-order valence-corrected chi connectivity index (χ2v) is 7.41. The lowest BCUT2D eigenvalue weighted by molar-refractivity contribution is -0.130. The Kier molecular flexibility index (Phi) is 5.88. The molecule has 2 aromatic rings. The van der Waals surface area contributed by atoms with Crippen LogP contribution in [0.5, 0.6) is 0 Å². The van der Waals surface area contributed by atoms with E-state index in [1.54, 1.807) is 17.5 Å². The van der Waals surface area contributed by atoms with Crippen LogP contribution in [0.1, 0.15) is 22.3 Å². The Bertz CT molecular complexity index is 743. The van der Waals surface area contributed by atoms with Gasteiger partial charge in [0.15, 0.2) is 0 Å². The van der Waals surface area contributed by atoms with Crippen molar-refractivity contribution in [2.45, 2.75) is 12.8 Å². The first-order chi connectivity index (χ1) is 12.5. The maximum atomic E-state index is 12.7. The van der Waals surface area contributed by atoms with Crippen LogP contribution in [0.25, 0.3) is 0 Å². The smallest absolute Gasteiger partial charge is 0.255 e. The van der Waals surface area contributed by atoms with E-state index in [1.807, 2.05) is 57.8 Å². The number of thiophene rings is 1. The van der Waals surface area contributed by atoms with Crippen molar-refractivity contribution in [2.75, 3.05) is 45.2 Å². The number of pyridine rings is 1. The summed E-state index contributed by atoms with van der Waals surface area (Å²) in [5.41, 5.74) is 1.65. The molecular weight excluding hydrogens is 348 g/mol. The van der Waals surface area contributed by atoms with Crippen LogP contribution in [0, 0.1) is 0 Å². The third-order valence-electron chi connectivity index (χ3n) is 4.52. The first kappa shape index (κ1) is 18.4. The Morgan fingerprint density at radius 3 is 2.54 bits per heavy atom. The zero-order valence-electron chi connectivity index (χ0n) is 15.2. The molecule has 1 saturated heterocycles. The normalized spacial score (nSPS) is 14.8. The fourth-order valence-corrected chi connectivity index (χ4v) is 3.68. The number of hydrogen-bond acceptors (Lipinski definition) is 5. The van der Waals surface area contributed by atoms with Crippen LogP contribution in [-0.2, 0) is 11.2 Å². The predicted octanol–water partition coefficient (Wildman–Crippen LogP) is 2.13. The number of hydrogen-bond donors (Lipinski definition) is 0. The highest BCUT2D eigenvalue weighted by molar-refractivity contribution is 7.08. The number of anilines is 1. The van der Waals surface area contributed by atoms with Gasteiger partial charge in [0.1, 0.15) is 5.82 Å². The minimum atomic E-state index is -0.0186. The van der Waals surface area contributed by atoms with Gasteiger partial charge >= 0.3 is 0 Å². The number of aromatic nitrogens is 1. The van der Waals surface area contributed by atoms with E-state index in [1.165, 1.54) is 0 Å². The number of rotatable bonds is 4. The third-order valence-corrected chi connectivity index (χ3v) is 5.26. The number of amides is 2. The van der Waals surface area contributed by atoms with Gasteiger partial charge in [-0.05, 0) is 40.9 Å². The number of nitrogens with zero attached hydrogens (tertiary/aromatic N) is 4. The quantitative estimate of drug-likeness (QED) is 0.825. The van der Waals surface area contributed by atoms with Crippen molar-refractivity contribution in [3.8, 4) is 0 Å². The summed E-state index contributed by atoms with van der Waals surface area (Å²) in [6, 6.07) is 5.65. The summed E-state index contributed by atoms with van der Waals surface area (Å²) >= 11 is 1.60. The molecule has 0 bridgehead atoms. The van der Waals surface area contributed by atoms with E-state index in [9.17, 15) is 9.59 Å². The second-order valence-electron chi connectivity index (χ2n) is 6.63. The molecule has 0 aliphatic carbocycles. The van der Waals surface area contributed by atoms with Gasteiger partial charge in [-0.2, -0.15) is 11.3 Å². The van der Waals surface area contributed by atoms with Crippen molar-refractivity contribution in [2.24, 2.45) is 0 Å². The lowest BCUT2D eigenvalue weighted by Crippen LogP contribution is -2.38. The van der Waals surface area contributed by atoms with E-state index in [0.717, 1.165) is 17.8 Å². The number of carbonyl (C=O) groups is 2. The molecule has 26 heavy (non-hydrogen) atoms. The zero-order valence-corrected chi connectivity index (χ0v) is 16.0. The van der Waals surface area contributed by atoms with Gasteiger partial charge in [0, 0.05) is 46.5 Å². The molecule has 0 atom stereocenters. The summed E-state index contributed by atoms with van der Waals surface area (Å²) in [7, 11) is 3.83. The van der Waals surface area contributed by atoms with Crippen molar-refractivity contribution < 1.29 is 9.59 Å². The molecule has 0 unspecified atom stereocenters. The Labute approximate surface area is 158 Å². The summed E-state index contributed by atoms with van der Waals surface area (Å²) in [5, 5.41) is 4.00. The van der Waals surface area contributed by atoms with Gasteiger partial charge in [-0.3, -0.25) is 9.59 Å². The third kappa shape index (κ3) is 4.40. The maximum Gasteiger partial charge on any atom is 0.255 e. The van der Waals surface area contributed by atoms with Crippen molar-refractivity contribution in [1.82, 2.24) is 14.8 Å². The van der Waals surface area contributed by atoms with Crippen LogP contribution in [0.4, 0.5) is 5.82 Å². The van der Waals surface area contributed by atoms with Gasteiger partial charge in [-0.15, -0.1) is 0 Å². The standard InChI is InChI=1S/C19H24N4O2S/c1-21(2)17-5-4-16(13-20-17)19(25)23-8-3-7-22(9-10-23)18(24)12-15-6-11-26-14-15/h4-6,11,13-14H,3,7-10,12H2,1-2H3. The topological polar surface area (TPSA) is 56.8 Å². The van der Waals surface area contributed by atoms with Crippen LogP contribution in [0.3, 0.4) is 0 Å². The molecule has 0 aromatic carbocycles. The average molecular weight is 372 g/mol. The lowest BCUT2D eigenvalue weighted by Gasteiger charge is -2.22. The summed E-state index contributed by atoms with van der Waals surface area (Å²) in [6.45, 7) is 2.50. The fraction of sp³-hybridized carbons (Fsp3) is 0.421. The molecule has 0 radical (unpaired) electrons. The molecular formula is C19H24N4O2S. The molecule has 3 rings (SSSR count). The van der Waals surface area contributed by atoms with E-state index in [0.29, 0.717) is 38.2 Å². The summed E-state index contributed by atoms with van der Waals surface area (Å²) in [5.74, 6) is 0.937. The van der Waals surface area contributed by atoms with E-state index in [2.05, 4.69) is 4.98 Å². The molecule has 3 heterocycles. The SMILES string of the molecule is CN(C)c1ccc(C(=O)N2CCCN(C(=O)Cc3ccsc3)CC2)cn1. The van der Waals surface area contributed by atoms with Crippen LogP contribution >= 0.6 is 11.3 Å². The van der Waals surface area contributed by atoms with Crippen molar-refractivity contribution in [3.63, 3.8) is 0 Å².